The zero-order valence-corrected chi connectivity index (χ0v) is 20.7. The van der Waals surface area contributed by atoms with Crippen molar-refractivity contribution < 1.29 is 4.79 Å². The number of nitrogens with zero attached hydrogens (tertiary/aromatic N) is 4. The van der Waals surface area contributed by atoms with Crippen LogP contribution in [0.5, 0.6) is 0 Å². The Labute approximate surface area is 202 Å². The summed E-state index contributed by atoms with van der Waals surface area (Å²) < 4.78 is 1.96. The SMILES string of the molecule is Cc1nn(C2=CC=CC(/C=C/c3ccc(Cl)cc3)C2)c(C)c1C(=O)N1CCN(C(C)C)CC1. The van der Waals surface area contributed by atoms with Crippen LogP contribution >= 0.6 is 11.6 Å². The minimum Gasteiger partial charge on any atom is -0.336 e. The van der Waals surface area contributed by atoms with Crippen molar-refractivity contribution in [3.05, 3.63) is 76.1 Å². The molecule has 2 aliphatic rings. The maximum Gasteiger partial charge on any atom is 0.257 e. The molecule has 0 spiro atoms. The molecule has 1 unspecified atom stereocenters. The molecule has 1 aliphatic carbocycles. The summed E-state index contributed by atoms with van der Waals surface area (Å²) in [6.45, 7) is 11.8. The Morgan fingerprint density at radius 1 is 1.12 bits per heavy atom. The Morgan fingerprint density at radius 2 is 1.82 bits per heavy atom. The van der Waals surface area contributed by atoms with Gasteiger partial charge in [0.2, 0.25) is 0 Å². The van der Waals surface area contributed by atoms with Crippen LogP contribution in [-0.2, 0) is 0 Å². The van der Waals surface area contributed by atoms with Gasteiger partial charge in [0.05, 0.1) is 17.0 Å². The third-order valence-corrected chi connectivity index (χ3v) is 6.86. The molecule has 33 heavy (non-hydrogen) atoms. The molecule has 0 saturated carbocycles. The summed E-state index contributed by atoms with van der Waals surface area (Å²) in [5, 5.41) is 5.52. The molecule has 1 atom stereocenters. The average Bonchev–Trinajstić information content (AvgIpc) is 3.12. The molecule has 174 valence electrons. The lowest BCUT2D eigenvalue weighted by Gasteiger charge is -2.37. The molecular weight excluding hydrogens is 432 g/mol. The molecule has 5 nitrogen and oxygen atoms in total. The van der Waals surface area contributed by atoms with Crippen LogP contribution in [0.1, 0.15) is 47.6 Å². The number of amides is 1. The highest BCUT2D eigenvalue weighted by Crippen LogP contribution is 2.28. The van der Waals surface area contributed by atoms with Crippen LogP contribution in [0, 0.1) is 19.8 Å². The monoisotopic (exact) mass is 464 g/mol. The molecule has 0 radical (unpaired) electrons. The molecule has 2 aromatic rings. The molecule has 1 amide bonds. The number of halogens is 1. The molecule has 0 N–H and O–H groups in total. The van der Waals surface area contributed by atoms with Crippen LogP contribution in [0.25, 0.3) is 11.8 Å². The first-order valence-electron chi connectivity index (χ1n) is 11.7. The van der Waals surface area contributed by atoms with Crippen LogP contribution < -0.4 is 0 Å². The molecule has 1 aliphatic heterocycles. The molecule has 6 heteroatoms. The zero-order valence-electron chi connectivity index (χ0n) is 20.0. The topological polar surface area (TPSA) is 41.4 Å². The van der Waals surface area contributed by atoms with Gasteiger partial charge in [-0.25, -0.2) is 4.68 Å². The van der Waals surface area contributed by atoms with Gasteiger partial charge in [-0.3, -0.25) is 9.69 Å². The van der Waals surface area contributed by atoms with E-state index in [1.807, 2.05) is 47.7 Å². The second-order valence-corrected chi connectivity index (χ2v) is 9.64. The maximum absolute atomic E-state index is 13.4. The van der Waals surface area contributed by atoms with Gasteiger partial charge in [-0.1, -0.05) is 48.0 Å². The van der Waals surface area contributed by atoms with Crippen molar-refractivity contribution in [3.63, 3.8) is 0 Å². The lowest BCUT2D eigenvalue weighted by atomic mass is 9.97. The van der Waals surface area contributed by atoms with E-state index in [9.17, 15) is 4.79 Å². The van der Waals surface area contributed by atoms with Gasteiger partial charge in [-0.05, 0) is 57.9 Å². The Morgan fingerprint density at radius 3 is 2.48 bits per heavy atom. The highest BCUT2D eigenvalue weighted by molar-refractivity contribution is 6.30. The van der Waals surface area contributed by atoms with E-state index in [2.05, 4.69) is 49.1 Å². The molecule has 1 aromatic carbocycles. The number of allylic oxidation sites excluding steroid dienone is 5. The van der Waals surface area contributed by atoms with E-state index in [0.717, 1.165) is 65.8 Å². The Hall–Kier alpha value is -2.63. The van der Waals surface area contributed by atoms with Gasteiger partial charge in [0, 0.05) is 48.9 Å². The third-order valence-electron chi connectivity index (χ3n) is 6.61. The zero-order chi connectivity index (χ0) is 23.5. The van der Waals surface area contributed by atoms with Crippen molar-refractivity contribution in [2.75, 3.05) is 26.2 Å². The molecule has 1 saturated heterocycles. The van der Waals surface area contributed by atoms with Crippen molar-refractivity contribution in [1.82, 2.24) is 19.6 Å². The molecule has 4 rings (SSSR count). The summed E-state index contributed by atoms with van der Waals surface area (Å²) in [6, 6.07) is 8.35. The number of aryl methyl sites for hydroxylation is 1. The van der Waals surface area contributed by atoms with Crippen molar-refractivity contribution in [2.45, 2.75) is 40.2 Å². The number of hydrogen-bond acceptors (Lipinski definition) is 3. The predicted octanol–water partition coefficient (Wildman–Crippen LogP) is 5.45. The predicted molar refractivity (Wildman–Crippen MR) is 136 cm³/mol. The normalized spacial score (nSPS) is 19.5. The van der Waals surface area contributed by atoms with E-state index in [0.29, 0.717) is 6.04 Å². The van der Waals surface area contributed by atoms with E-state index in [1.54, 1.807) is 0 Å². The highest BCUT2D eigenvalue weighted by Gasteiger charge is 2.28. The van der Waals surface area contributed by atoms with Gasteiger partial charge in [0.25, 0.3) is 5.91 Å². The van der Waals surface area contributed by atoms with E-state index >= 15 is 0 Å². The van der Waals surface area contributed by atoms with Gasteiger partial charge in [-0.2, -0.15) is 5.10 Å². The first-order valence-corrected chi connectivity index (χ1v) is 12.1. The first kappa shape index (κ1) is 23.5. The number of hydrogen-bond donors (Lipinski definition) is 0. The van der Waals surface area contributed by atoms with Crippen molar-refractivity contribution in [3.8, 4) is 0 Å². The van der Waals surface area contributed by atoms with Gasteiger partial charge >= 0.3 is 0 Å². The summed E-state index contributed by atoms with van der Waals surface area (Å²) in [4.78, 5) is 17.8. The Kier molecular flexibility index (Phi) is 7.20. The third kappa shape index (κ3) is 5.31. The lowest BCUT2D eigenvalue weighted by Crippen LogP contribution is -2.50. The average molecular weight is 465 g/mol. The number of rotatable bonds is 5. The second-order valence-electron chi connectivity index (χ2n) is 9.20. The van der Waals surface area contributed by atoms with Gasteiger partial charge in [-0.15, -0.1) is 0 Å². The first-order chi connectivity index (χ1) is 15.8. The van der Waals surface area contributed by atoms with E-state index < -0.39 is 0 Å². The molecular formula is C27H33ClN4O. The Balaban J connectivity index is 1.47. The van der Waals surface area contributed by atoms with Crippen molar-refractivity contribution in [2.24, 2.45) is 5.92 Å². The minimum absolute atomic E-state index is 0.103. The summed E-state index contributed by atoms with van der Waals surface area (Å²) in [7, 11) is 0. The van der Waals surface area contributed by atoms with Crippen molar-refractivity contribution in [1.29, 1.82) is 0 Å². The number of carbonyl (C=O) groups is 1. The maximum atomic E-state index is 13.4. The molecule has 2 heterocycles. The molecule has 0 bridgehead atoms. The van der Waals surface area contributed by atoms with Gasteiger partial charge in [0.15, 0.2) is 0 Å². The van der Waals surface area contributed by atoms with Crippen LogP contribution in [0.3, 0.4) is 0 Å². The van der Waals surface area contributed by atoms with E-state index in [4.69, 9.17) is 16.7 Å². The number of aromatic nitrogens is 2. The summed E-state index contributed by atoms with van der Waals surface area (Å²) in [6.07, 6.45) is 11.5. The minimum atomic E-state index is 0.103. The smallest absolute Gasteiger partial charge is 0.257 e. The second kappa shape index (κ2) is 10.1. The van der Waals surface area contributed by atoms with Crippen LogP contribution in [0.4, 0.5) is 0 Å². The van der Waals surface area contributed by atoms with E-state index in [1.165, 1.54) is 0 Å². The van der Waals surface area contributed by atoms with Crippen LogP contribution in [0.15, 0.2) is 48.6 Å². The van der Waals surface area contributed by atoms with Crippen LogP contribution in [0.2, 0.25) is 5.02 Å². The highest BCUT2D eigenvalue weighted by atomic mass is 35.5. The van der Waals surface area contributed by atoms with E-state index in [-0.39, 0.29) is 11.8 Å². The standard InChI is InChI=1S/C27H33ClN4O/c1-19(2)30-14-16-31(17-15-30)27(33)26-20(3)29-32(21(26)4)25-7-5-6-23(18-25)9-8-22-10-12-24(28)13-11-22/h5-13,19,23H,14-18H2,1-4H3/b9-8+. The summed E-state index contributed by atoms with van der Waals surface area (Å²) >= 11 is 5.99. The van der Waals surface area contributed by atoms with Crippen LogP contribution in [-0.4, -0.2) is 57.7 Å². The number of benzene rings is 1. The fraction of sp³-hybridized carbons (Fsp3) is 0.407. The molecule has 1 aromatic heterocycles. The number of piperazine rings is 1. The summed E-state index contributed by atoms with van der Waals surface area (Å²) in [5.74, 6) is 0.374. The fourth-order valence-electron chi connectivity index (χ4n) is 4.62. The molecule has 1 fully saturated rings. The lowest BCUT2D eigenvalue weighted by molar-refractivity contribution is 0.0594. The quantitative estimate of drug-likeness (QED) is 0.590. The number of carbonyl (C=O) groups excluding carboxylic acids is 1. The summed E-state index contributed by atoms with van der Waals surface area (Å²) in [5.41, 5.74) is 4.70. The van der Waals surface area contributed by atoms with Gasteiger partial charge in [0.1, 0.15) is 0 Å². The van der Waals surface area contributed by atoms with Crippen molar-refractivity contribution >= 4 is 29.3 Å². The Bertz CT molecular complexity index is 1090. The fourth-order valence-corrected chi connectivity index (χ4v) is 4.74. The largest absolute Gasteiger partial charge is 0.336 e. The van der Waals surface area contributed by atoms with Gasteiger partial charge < -0.3 is 4.90 Å².